The van der Waals surface area contributed by atoms with Crippen LogP contribution >= 0.6 is 0 Å². The second-order valence-corrected chi connectivity index (χ2v) is 10.6. The number of H-pyrrole nitrogens is 1. The smallest absolute Gasteiger partial charge is 0.243 e. The van der Waals surface area contributed by atoms with Crippen LogP contribution in [-0.4, -0.2) is 55.2 Å². The number of carbonyl (C=O) groups excluding carboxylic acids is 2. The number of hydrogen-bond donors (Lipinski definition) is 3. The predicted octanol–water partition coefficient (Wildman–Crippen LogP) is 2.43. The van der Waals surface area contributed by atoms with Crippen molar-refractivity contribution >= 4 is 32.7 Å². The highest BCUT2D eigenvalue weighted by atomic mass is 32.2. The van der Waals surface area contributed by atoms with Crippen LogP contribution in [0.25, 0.3) is 10.9 Å². The molecule has 3 N–H and O–H groups in total. The number of sulfonamides is 1. The number of nitrogens with zero attached hydrogens (tertiary/aromatic N) is 1. The molecule has 0 radical (unpaired) electrons. The van der Waals surface area contributed by atoms with Crippen molar-refractivity contribution in [3.63, 3.8) is 0 Å². The molecule has 1 fully saturated rings. The van der Waals surface area contributed by atoms with Gasteiger partial charge in [-0.1, -0.05) is 36.4 Å². The number of fused-ring (bicyclic) bond motifs is 1. The second-order valence-electron chi connectivity index (χ2n) is 8.62. The molecule has 8 nitrogen and oxygen atoms in total. The minimum Gasteiger partial charge on any atom is -0.361 e. The van der Waals surface area contributed by atoms with E-state index in [0.717, 1.165) is 16.5 Å². The lowest BCUT2D eigenvalue weighted by molar-refractivity contribution is -0.131. The number of nitrogens with one attached hydrogen (secondary N) is 3. The van der Waals surface area contributed by atoms with E-state index in [9.17, 15) is 18.0 Å². The fourth-order valence-corrected chi connectivity index (χ4v) is 5.80. The van der Waals surface area contributed by atoms with E-state index >= 15 is 0 Å². The van der Waals surface area contributed by atoms with Crippen LogP contribution in [0.15, 0.2) is 65.7 Å². The van der Waals surface area contributed by atoms with Crippen molar-refractivity contribution in [3.05, 3.63) is 66.4 Å². The molecule has 0 saturated carbocycles. The van der Waals surface area contributed by atoms with Crippen LogP contribution in [0.1, 0.15) is 25.3 Å². The summed E-state index contributed by atoms with van der Waals surface area (Å²) in [5, 5.41) is 6.80. The normalized spacial score (nSPS) is 16.3. The summed E-state index contributed by atoms with van der Waals surface area (Å²) >= 11 is 0. The average molecular weight is 483 g/mol. The van der Waals surface area contributed by atoms with Crippen LogP contribution in [0, 0.1) is 5.92 Å². The van der Waals surface area contributed by atoms with Crippen LogP contribution in [0.3, 0.4) is 0 Å². The summed E-state index contributed by atoms with van der Waals surface area (Å²) in [6.07, 6.45) is 3.48. The van der Waals surface area contributed by atoms with Crippen LogP contribution in [-0.2, 0) is 26.0 Å². The summed E-state index contributed by atoms with van der Waals surface area (Å²) in [7, 11) is -3.56. The van der Waals surface area contributed by atoms with E-state index in [1.165, 1.54) is 4.31 Å². The molecule has 3 aromatic rings. The summed E-state index contributed by atoms with van der Waals surface area (Å²) in [5.41, 5.74) is 2.19. The van der Waals surface area contributed by atoms with Crippen molar-refractivity contribution in [1.29, 1.82) is 0 Å². The lowest BCUT2D eigenvalue weighted by Gasteiger charge is -2.31. The maximum Gasteiger partial charge on any atom is 0.243 e. The van der Waals surface area contributed by atoms with Crippen molar-refractivity contribution in [2.45, 2.75) is 37.1 Å². The second kappa shape index (κ2) is 10.4. The summed E-state index contributed by atoms with van der Waals surface area (Å²) in [5.74, 6) is -0.767. The molecule has 1 aliphatic rings. The number of rotatable bonds is 8. The quantitative estimate of drug-likeness (QED) is 0.458. The topological polar surface area (TPSA) is 111 Å². The van der Waals surface area contributed by atoms with Gasteiger partial charge in [0.05, 0.1) is 4.90 Å². The maximum absolute atomic E-state index is 12.8. The summed E-state index contributed by atoms with van der Waals surface area (Å²) in [4.78, 5) is 28.6. The number of aromatic amines is 1. The van der Waals surface area contributed by atoms with Gasteiger partial charge >= 0.3 is 0 Å². The van der Waals surface area contributed by atoms with E-state index in [1.807, 2.05) is 30.5 Å². The van der Waals surface area contributed by atoms with Gasteiger partial charge in [-0.2, -0.15) is 4.31 Å². The Bertz CT molecular complexity index is 1250. The van der Waals surface area contributed by atoms with Crippen molar-refractivity contribution < 1.29 is 18.0 Å². The van der Waals surface area contributed by atoms with Gasteiger partial charge in [-0.15, -0.1) is 0 Å². The van der Waals surface area contributed by atoms with Gasteiger partial charge in [0.2, 0.25) is 21.8 Å². The Labute approximate surface area is 199 Å². The Morgan fingerprint density at radius 3 is 2.47 bits per heavy atom. The van der Waals surface area contributed by atoms with Gasteiger partial charge in [0.25, 0.3) is 0 Å². The third-order valence-electron chi connectivity index (χ3n) is 6.33. The van der Waals surface area contributed by atoms with Gasteiger partial charge in [-0.25, -0.2) is 8.42 Å². The minimum absolute atomic E-state index is 0.212. The first-order valence-corrected chi connectivity index (χ1v) is 13.0. The van der Waals surface area contributed by atoms with E-state index in [1.54, 1.807) is 37.3 Å². The molecular weight excluding hydrogens is 452 g/mol. The molecule has 0 aliphatic carbocycles. The van der Waals surface area contributed by atoms with Gasteiger partial charge in [0.1, 0.15) is 6.04 Å². The van der Waals surface area contributed by atoms with Gasteiger partial charge in [-0.05, 0) is 49.9 Å². The molecule has 0 spiro atoms. The number of benzene rings is 2. The van der Waals surface area contributed by atoms with Crippen molar-refractivity contribution in [3.8, 4) is 0 Å². The zero-order valence-electron chi connectivity index (χ0n) is 19.2. The molecule has 180 valence electrons. The zero-order chi connectivity index (χ0) is 24.1. The highest BCUT2D eigenvalue weighted by Gasteiger charge is 2.32. The predicted molar refractivity (Wildman–Crippen MR) is 131 cm³/mol. The first kappa shape index (κ1) is 24.0. The van der Waals surface area contributed by atoms with Crippen molar-refractivity contribution in [2.75, 3.05) is 19.6 Å². The lowest BCUT2D eigenvalue weighted by Crippen LogP contribution is -2.49. The third-order valence-corrected chi connectivity index (χ3v) is 8.24. The standard InChI is InChI=1S/C25H30N4O4S/c1-18(24(30)26-14-11-20-17-27-23-10-6-5-9-22(20)23)28-25(31)19-12-15-29(16-13-19)34(32,33)21-7-3-2-4-8-21/h2-10,17-19,27H,11-16H2,1H3,(H,26,30)(H,28,31). The Kier molecular flexibility index (Phi) is 7.33. The van der Waals surface area contributed by atoms with Crippen LogP contribution < -0.4 is 10.6 Å². The summed E-state index contributed by atoms with van der Waals surface area (Å²) in [6.45, 7) is 2.69. The van der Waals surface area contributed by atoms with Crippen LogP contribution in [0.4, 0.5) is 0 Å². The highest BCUT2D eigenvalue weighted by Crippen LogP contribution is 2.24. The number of aromatic nitrogens is 1. The zero-order valence-corrected chi connectivity index (χ0v) is 20.0. The summed E-state index contributed by atoms with van der Waals surface area (Å²) < 4.78 is 26.9. The van der Waals surface area contributed by atoms with Gasteiger partial charge in [-0.3, -0.25) is 9.59 Å². The van der Waals surface area contributed by atoms with E-state index in [0.29, 0.717) is 25.8 Å². The molecule has 1 atom stereocenters. The highest BCUT2D eigenvalue weighted by molar-refractivity contribution is 7.89. The molecule has 2 amide bonds. The van der Waals surface area contributed by atoms with Crippen molar-refractivity contribution in [2.24, 2.45) is 5.92 Å². The molecule has 9 heteroatoms. The third kappa shape index (κ3) is 5.31. The molecule has 1 unspecified atom stereocenters. The molecule has 2 heterocycles. The number of para-hydroxylation sites is 1. The van der Waals surface area contributed by atoms with E-state index < -0.39 is 16.1 Å². The van der Waals surface area contributed by atoms with E-state index in [2.05, 4.69) is 15.6 Å². The largest absolute Gasteiger partial charge is 0.361 e. The lowest BCUT2D eigenvalue weighted by atomic mass is 9.97. The van der Waals surface area contributed by atoms with Gasteiger partial charge < -0.3 is 15.6 Å². The molecule has 0 bridgehead atoms. The number of piperidine rings is 1. The summed E-state index contributed by atoms with van der Waals surface area (Å²) in [6, 6.07) is 15.7. The van der Waals surface area contributed by atoms with Crippen LogP contribution in [0.2, 0.25) is 0 Å². The Hall–Kier alpha value is -3.17. The SMILES string of the molecule is CC(NC(=O)C1CCN(S(=O)(=O)c2ccccc2)CC1)C(=O)NCCc1c[nH]c2ccccc12. The first-order valence-electron chi connectivity index (χ1n) is 11.5. The van der Waals surface area contributed by atoms with Crippen molar-refractivity contribution in [1.82, 2.24) is 19.9 Å². The molecule has 1 aliphatic heterocycles. The van der Waals surface area contributed by atoms with Gasteiger partial charge in [0.15, 0.2) is 0 Å². The van der Waals surface area contributed by atoms with Gasteiger partial charge in [0, 0.05) is 42.7 Å². The number of carbonyl (C=O) groups is 2. The molecule has 4 rings (SSSR count). The minimum atomic E-state index is -3.56. The Morgan fingerprint density at radius 2 is 1.74 bits per heavy atom. The van der Waals surface area contributed by atoms with E-state index in [-0.39, 0.29) is 35.7 Å². The Morgan fingerprint density at radius 1 is 1.06 bits per heavy atom. The average Bonchev–Trinajstić information content (AvgIpc) is 3.27. The molecular formula is C25H30N4O4S. The first-order chi connectivity index (χ1) is 16.4. The van der Waals surface area contributed by atoms with E-state index in [4.69, 9.17) is 0 Å². The number of amides is 2. The molecule has 34 heavy (non-hydrogen) atoms. The molecule has 1 saturated heterocycles. The monoisotopic (exact) mass is 482 g/mol. The molecule has 1 aromatic heterocycles. The fourth-order valence-electron chi connectivity index (χ4n) is 4.31. The Balaban J connectivity index is 1.22. The molecule has 2 aromatic carbocycles. The number of hydrogen-bond acceptors (Lipinski definition) is 4. The fraction of sp³-hybridized carbons (Fsp3) is 0.360. The van der Waals surface area contributed by atoms with Crippen LogP contribution in [0.5, 0.6) is 0 Å². The maximum atomic E-state index is 12.8.